The van der Waals surface area contributed by atoms with E-state index in [0.29, 0.717) is 18.2 Å². The van der Waals surface area contributed by atoms with Gasteiger partial charge in [0.05, 0.1) is 11.8 Å². The lowest BCUT2D eigenvalue weighted by molar-refractivity contribution is 0.0880. The lowest BCUT2D eigenvalue weighted by Crippen LogP contribution is -2.54. The number of H-pyrrole nitrogens is 1. The summed E-state index contributed by atoms with van der Waals surface area (Å²) in [6.07, 6.45) is 1.57. The third-order valence-corrected chi connectivity index (χ3v) is 3.55. The Kier molecular flexibility index (Phi) is 3.98. The quantitative estimate of drug-likeness (QED) is 0.774. The molecular formula is C12H21N5O. The van der Waals surface area contributed by atoms with Crippen LogP contribution >= 0.6 is 0 Å². The molecule has 0 aromatic carbocycles. The number of piperazine rings is 1. The monoisotopic (exact) mass is 251 g/mol. The summed E-state index contributed by atoms with van der Waals surface area (Å²) < 4.78 is 0. The number of amides is 1. The van der Waals surface area contributed by atoms with Gasteiger partial charge in [-0.05, 0) is 21.0 Å². The van der Waals surface area contributed by atoms with E-state index in [0.717, 1.165) is 25.3 Å². The zero-order valence-corrected chi connectivity index (χ0v) is 11.2. The Labute approximate surface area is 107 Å². The predicted molar refractivity (Wildman–Crippen MR) is 69.6 cm³/mol. The summed E-state index contributed by atoms with van der Waals surface area (Å²) >= 11 is 0. The smallest absolute Gasteiger partial charge is 0.254 e. The van der Waals surface area contributed by atoms with Gasteiger partial charge in [-0.3, -0.25) is 14.8 Å². The fourth-order valence-corrected chi connectivity index (χ4v) is 2.21. The average Bonchev–Trinajstić information content (AvgIpc) is 2.76. The van der Waals surface area contributed by atoms with Gasteiger partial charge in [0, 0.05) is 37.9 Å². The Morgan fingerprint density at radius 1 is 1.56 bits per heavy atom. The topological polar surface area (TPSA) is 64.3 Å². The van der Waals surface area contributed by atoms with Crippen molar-refractivity contribution >= 4 is 5.91 Å². The molecule has 1 aromatic rings. The number of carbonyl (C=O) groups excluding carboxylic acids is 1. The molecule has 1 aromatic heterocycles. The molecule has 6 nitrogen and oxygen atoms in total. The molecule has 1 amide bonds. The molecular weight excluding hydrogens is 230 g/mol. The van der Waals surface area contributed by atoms with E-state index in [-0.39, 0.29) is 5.91 Å². The van der Waals surface area contributed by atoms with Crippen molar-refractivity contribution in [3.63, 3.8) is 0 Å². The molecule has 6 heteroatoms. The van der Waals surface area contributed by atoms with Crippen LogP contribution in [0.5, 0.6) is 0 Å². The maximum absolute atomic E-state index is 12.0. The van der Waals surface area contributed by atoms with Crippen LogP contribution < -0.4 is 5.32 Å². The Bertz CT molecular complexity index is 416. The first kappa shape index (κ1) is 13.0. The van der Waals surface area contributed by atoms with Gasteiger partial charge in [-0.25, -0.2) is 0 Å². The minimum atomic E-state index is -0.0529. The minimum absolute atomic E-state index is 0.0529. The highest BCUT2D eigenvalue weighted by Crippen LogP contribution is 2.06. The second-order valence-electron chi connectivity index (χ2n) is 5.02. The Balaban J connectivity index is 1.87. The van der Waals surface area contributed by atoms with E-state index in [2.05, 4.69) is 39.4 Å². The van der Waals surface area contributed by atoms with Gasteiger partial charge in [0.25, 0.3) is 5.91 Å². The zero-order valence-electron chi connectivity index (χ0n) is 11.2. The first-order valence-corrected chi connectivity index (χ1v) is 6.25. The molecule has 1 unspecified atom stereocenters. The largest absolute Gasteiger partial charge is 0.350 e. The van der Waals surface area contributed by atoms with Crippen LogP contribution in [0.15, 0.2) is 6.20 Å². The first-order valence-electron chi connectivity index (χ1n) is 6.25. The molecule has 100 valence electrons. The number of nitrogens with one attached hydrogen (secondary N) is 2. The number of nitrogens with zero attached hydrogens (tertiary/aromatic N) is 3. The van der Waals surface area contributed by atoms with E-state index in [9.17, 15) is 4.79 Å². The van der Waals surface area contributed by atoms with Crippen LogP contribution in [0.3, 0.4) is 0 Å². The van der Waals surface area contributed by atoms with Gasteiger partial charge in [-0.1, -0.05) is 0 Å². The molecule has 1 fully saturated rings. The highest BCUT2D eigenvalue weighted by molar-refractivity contribution is 5.94. The predicted octanol–water partition coefficient (Wildman–Crippen LogP) is -0.306. The summed E-state index contributed by atoms with van der Waals surface area (Å²) in [5, 5.41) is 9.61. The van der Waals surface area contributed by atoms with Gasteiger partial charge in [-0.15, -0.1) is 0 Å². The fraction of sp³-hybridized carbons (Fsp3) is 0.667. The van der Waals surface area contributed by atoms with Gasteiger partial charge in [0.1, 0.15) is 0 Å². The Morgan fingerprint density at radius 3 is 3.00 bits per heavy atom. The summed E-state index contributed by atoms with van der Waals surface area (Å²) in [6.45, 7) is 5.64. The van der Waals surface area contributed by atoms with Crippen molar-refractivity contribution in [3.05, 3.63) is 17.5 Å². The molecule has 0 saturated carbocycles. The summed E-state index contributed by atoms with van der Waals surface area (Å²) in [4.78, 5) is 16.5. The fourth-order valence-electron chi connectivity index (χ4n) is 2.21. The molecule has 0 aliphatic carbocycles. The molecule has 0 bridgehead atoms. The lowest BCUT2D eigenvalue weighted by Gasteiger charge is -2.37. The van der Waals surface area contributed by atoms with Crippen molar-refractivity contribution in [2.45, 2.75) is 13.0 Å². The molecule has 1 atom stereocenters. The number of likely N-dealkylation sites (N-methyl/N-ethyl adjacent to an activating group) is 2. The first-order chi connectivity index (χ1) is 8.58. The van der Waals surface area contributed by atoms with Crippen LogP contribution in [-0.2, 0) is 0 Å². The summed E-state index contributed by atoms with van der Waals surface area (Å²) in [5.41, 5.74) is 1.43. The van der Waals surface area contributed by atoms with Crippen molar-refractivity contribution < 1.29 is 4.79 Å². The molecule has 1 aliphatic heterocycles. The Hall–Kier alpha value is -1.40. The molecule has 2 rings (SSSR count). The van der Waals surface area contributed by atoms with Crippen molar-refractivity contribution in [1.29, 1.82) is 0 Å². The average molecular weight is 251 g/mol. The third-order valence-electron chi connectivity index (χ3n) is 3.55. The molecule has 0 spiro atoms. The number of aryl methyl sites for hydroxylation is 1. The van der Waals surface area contributed by atoms with Crippen LogP contribution in [0.4, 0.5) is 0 Å². The summed E-state index contributed by atoms with van der Waals surface area (Å²) in [7, 11) is 4.22. The molecule has 2 N–H and O–H groups in total. The highest BCUT2D eigenvalue weighted by Gasteiger charge is 2.22. The van der Waals surface area contributed by atoms with Crippen LogP contribution in [0, 0.1) is 6.92 Å². The van der Waals surface area contributed by atoms with Gasteiger partial charge in [-0.2, -0.15) is 5.10 Å². The lowest BCUT2D eigenvalue weighted by atomic mass is 10.1. The third kappa shape index (κ3) is 2.88. The van der Waals surface area contributed by atoms with Crippen LogP contribution in [-0.4, -0.2) is 72.2 Å². The number of aromatic nitrogens is 2. The van der Waals surface area contributed by atoms with Crippen molar-refractivity contribution in [2.24, 2.45) is 0 Å². The Morgan fingerprint density at radius 2 is 2.33 bits per heavy atom. The molecule has 2 heterocycles. The van der Waals surface area contributed by atoms with Gasteiger partial charge < -0.3 is 10.2 Å². The van der Waals surface area contributed by atoms with E-state index >= 15 is 0 Å². The SMILES string of the molecule is Cc1[nH]ncc1C(=O)NCC1CN(C)CCN1C. The van der Waals surface area contributed by atoms with E-state index in [4.69, 9.17) is 0 Å². The maximum Gasteiger partial charge on any atom is 0.254 e. The maximum atomic E-state index is 12.0. The molecule has 1 aliphatic rings. The number of carbonyl (C=O) groups is 1. The van der Waals surface area contributed by atoms with Gasteiger partial charge in [0.15, 0.2) is 0 Å². The van der Waals surface area contributed by atoms with Crippen molar-refractivity contribution in [2.75, 3.05) is 40.3 Å². The zero-order chi connectivity index (χ0) is 13.1. The van der Waals surface area contributed by atoms with E-state index in [1.54, 1.807) is 6.20 Å². The number of aromatic amines is 1. The summed E-state index contributed by atoms with van der Waals surface area (Å²) in [6, 6.07) is 0.375. The number of rotatable bonds is 3. The van der Waals surface area contributed by atoms with Crippen LogP contribution in [0.1, 0.15) is 16.1 Å². The molecule has 0 radical (unpaired) electrons. The highest BCUT2D eigenvalue weighted by atomic mass is 16.1. The van der Waals surface area contributed by atoms with Gasteiger partial charge >= 0.3 is 0 Å². The number of hydrogen-bond acceptors (Lipinski definition) is 4. The van der Waals surface area contributed by atoms with E-state index < -0.39 is 0 Å². The number of hydrogen-bond donors (Lipinski definition) is 2. The normalized spacial score (nSPS) is 22.1. The van der Waals surface area contributed by atoms with Crippen molar-refractivity contribution in [1.82, 2.24) is 25.3 Å². The van der Waals surface area contributed by atoms with Gasteiger partial charge in [0.2, 0.25) is 0 Å². The van der Waals surface area contributed by atoms with Crippen LogP contribution in [0.25, 0.3) is 0 Å². The van der Waals surface area contributed by atoms with Crippen LogP contribution in [0.2, 0.25) is 0 Å². The van der Waals surface area contributed by atoms with E-state index in [1.165, 1.54) is 0 Å². The summed E-state index contributed by atoms with van der Waals surface area (Å²) in [5.74, 6) is -0.0529. The molecule has 18 heavy (non-hydrogen) atoms. The van der Waals surface area contributed by atoms with Crippen molar-refractivity contribution in [3.8, 4) is 0 Å². The minimum Gasteiger partial charge on any atom is -0.350 e. The standard InChI is InChI=1S/C12H21N5O/c1-9-11(7-14-15-9)12(18)13-6-10-8-16(2)4-5-17(10)3/h7,10H,4-6,8H2,1-3H3,(H,13,18)(H,14,15). The van der Waals surface area contributed by atoms with E-state index in [1.807, 2.05) is 6.92 Å². The second-order valence-corrected chi connectivity index (χ2v) is 5.02. The second kappa shape index (κ2) is 5.49. The molecule has 1 saturated heterocycles.